The highest BCUT2D eigenvalue weighted by molar-refractivity contribution is 5.92. The molecule has 0 radical (unpaired) electrons. The van der Waals surface area contributed by atoms with Gasteiger partial charge in [-0.05, 0) is 18.6 Å². The minimum Gasteiger partial charge on any atom is -0.465 e. The second-order valence-electron chi connectivity index (χ2n) is 3.81. The van der Waals surface area contributed by atoms with E-state index in [1.807, 2.05) is 12.1 Å². The molecule has 1 aromatic rings. The smallest absolute Gasteiger partial charge is 0.339 e. The number of hydrogen-bond acceptors (Lipinski definition) is 3. The molecular weight excluding hydrogens is 240 g/mol. The number of ether oxygens (including phenoxy) is 2. The molecule has 3 nitrogen and oxygen atoms in total. The zero-order valence-corrected chi connectivity index (χ0v) is 11.1. The number of benzene rings is 1. The number of methoxy groups -OCH3 is 1. The minimum absolute atomic E-state index is 0.362. The highest BCUT2D eigenvalue weighted by atomic mass is 16.5. The Hall–Kier alpha value is -2.05. The molecule has 1 rings (SSSR count). The zero-order chi connectivity index (χ0) is 13.9. The summed E-state index contributed by atoms with van der Waals surface area (Å²) in [5.74, 6) is 5.67. The lowest BCUT2D eigenvalue weighted by atomic mass is 10.1. The van der Waals surface area contributed by atoms with Gasteiger partial charge in [-0.1, -0.05) is 30.0 Å². The first kappa shape index (κ1) is 15.0. The van der Waals surface area contributed by atoms with Crippen molar-refractivity contribution >= 4 is 5.97 Å². The van der Waals surface area contributed by atoms with E-state index in [1.54, 1.807) is 18.2 Å². The number of carbonyl (C=O) groups is 1. The average molecular weight is 258 g/mol. The van der Waals surface area contributed by atoms with Gasteiger partial charge in [-0.2, -0.15) is 0 Å². The molecule has 100 valence electrons. The van der Waals surface area contributed by atoms with E-state index in [2.05, 4.69) is 18.4 Å². The van der Waals surface area contributed by atoms with Crippen molar-refractivity contribution in [2.24, 2.45) is 0 Å². The number of hydrogen-bond donors (Lipinski definition) is 0. The number of rotatable bonds is 6. The van der Waals surface area contributed by atoms with Crippen LogP contribution in [-0.2, 0) is 9.47 Å². The second-order valence-corrected chi connectivity index (χ2v) is 3.81. The first-order valence-corrected chi connectivity index (χ1v) is 6.14. The fourth-order valence-electron chi connectivity index (χ4n) is 1.47. The van der Waals surface area contributed by atoms with Gasteiger partial charge in [0.15, 0.2) is 0 Å². The van der Waals surface area contributed by atoms with Crippen LogP contribution in [0.5, 0.6) is 0 Å². The summed E-state index contributed by atoms with van der Waals surface area (Å²) in [4.78, 5) is 11.5. The SMILES string of the molecule is C=CCOCCCC#Cc1ccccc1C(=O)OC. The molecule has 0 atom stereocenters. The summed E-state index contributed by atoms with van der Waals surface area (Å²) in [6.45, 7) is 4.81. The van der Waals surface area contributed by atoms with Crippen LogP contribution >= 0.6 is 0 Å². The van der Waals surface area contributed by atoms with E-state index in [1.165, 1.54) is 7.11 Å². The Morgan fingerprint density at radius 1 is 1.42 bits per heavy atom. The van der Waals surface area contributed by atoms with E-state index in [4.69, 9.17) is 9.47 Å². The first-order valence-electron chi connectivity index (χ1n) is 6.14. The van der Waals surface area contributed by atoms with Crippen molar-refractivity contribution < 1.29 is 14.3 Å². The lowest BCUT2D eigenvalue weighted by molar-refractivity contribution is 0.0600. The molecule has 0 saturated heterocycles. The molecule has 0 heterocycles. The van der Waals surface area contributed by atoms with Crippen LogP contribution in [-0.4, -0.2) is 26.3 Å². The molecule has 0 fully saturated rings. The summed E-state index contributed by atoms with van der Waals surface area (Å²) >= 11 is 0. The number of esters is 1. The Bertz CT molecular complexity index is 480. The van der Waals surface area contributed by atoms with Crippen molar-refractivity contribution in [2.45, 2.75) is 12.8 Å². The quantitative estimate of drug-likeness (QED) is 0.341. The Kier molecular flexibility index (Phi) is 7.08. The third-order valence-corrected chi connectivity index (χ3v) is 2.38. The van der Waals surface area contributed by atoms with E-state index < -0.39 is 0 Å². The molecule has 1 aromatic carbocycles. The molecule has 19 heavy (non-hydrogen) atoms. The van der Waals surface area contributed by atoms with Crippen LogP contribution in [0.2, 0.25) is 0 Å². The Morgan fingerprint density at radius 2 is 2.21 bits per heavy atom. The molecule has 0 aliphatic carbocycles. The van der Waals surface area contributed by atoms with Gasteiger partial charge in [0.05, 0.1) is 19.3 Å². The van der Waals surface area contributed by atoms with Crippen LogP contribution in [0.1, 0.15) is 28.8 Å². The van der Waals surface area contributed by atoms with Gasteiger partial charge < -0.3 is 9.47 Å². The third kappa shape index (κ3) is 5.41. The standard InChI is InChI=1S/C16H18O3/c1-3-12-19-13-8-4-5-9-14-10-6-7-11-15(14)16(17)18-2/h3,6-7,10-11H,1,4,8,12-13H2,2H3. The van der Waals surface area contributed by atoms with Crippen LogP contribution in [0.3, 0.4) is 0 Å². The largest absolute Gasteiger partial charge is 0.465 e. The molecule has 0 N–H and O–H groups in total. The van der Waals surface area contributed by atoms with Crippen LogP contribution in [0.25, 0.3) is 0 Å². The summed E-state index contributed by atoms with van der Waals surface area (Å²) in [6, 6.07) is 7.17. The van der Waals surface area contributed by atoms with Crippen molar-refractivity contribution in [3.8, 4) is 11.8 Å². The molecule has 0 saturated carbocycles. The van der Waals surface area contributed by atoms with Crippen molar-refractivity contribution in [2.75, 3.05) is 20.3 Å². The van der Waals surface area contributed by atoms with E-state index in [0.29, 0.717) is 24.3 Å². The fraction of sp³-hybridized carbons (Fsp3) is 0.312. The van der Waals surface area contributed by atoms with Gasteiger partial charge in [0.1, 0.15) is 0 Å². The first-order chi connectivity index (χ1) is 9.29. The van der Waals surface area contributed by atoms with Gasteiger partial charge >= 0.3 is 5.97 Å². The van der Waals surface area contributed by atoms with Crippen molar-refractivity contribution in [3.05, 3.63) is 48.0 Å². The Labute approximate surface area is 114 Å². The number of unbranched alkanes of at least 4 members (excludes halogenated alkanes) is 1. The van der Waals surface area contributed by atoms with Gasteiger partial charge in [0.2, 0.25) is 0 Å². The van der Waals surface area contributed by atoms with E-state index in [-0.39, 0.29) is 5.97 Å². The van der Waals surface area contributed by atoms with E-state index >= 15 is 0 Å². The van der Waals surface area contributed by atoms with Gasteiger partial charge in [-0.3, -0.25) is 0 Å². The van der Waals surface area contributed by atoms with Gasteiger partial charge in [0.25, 0.3) is 0 Å². The summed E-state index contributed by atoms with van der Waals surface area (Å²) < 4.78 is 9.97. The predicted octanol–water partition coefficient (Wildman–Crippen LogP) is 2.81. The molecule has 0 aliphatic rings. The molecule has 0 unspecified atom stereocenters. The van der Waals surface area contributed by atoms with Gasteiger partial charge in [-0.15, -0.1) is 6.58 Å². The zero-order valence-electron chi connectivity index (χ0n) is 11.1. The average Bonchev–Trinajstić information content (AvgIpc) is 2.46. The molecule has 0 spiro atoms. The summed E-state index contributed by atoms with van der Waals surface area (Å²) in [5.41, 5.74) is 1.20. The molecule has 0 aliphatic heterocycles. The minimum atomic E-state index is -0.362. The summed E-state index contributed by atoms with van der Waals surface area (Å²) in [7, 11) is 1.36. The lowest BCUT2D eigenvalue weighted by Crippen LogP contribution is -2.03. The lowest BCUT2D eigenvalue weighted by Gasteiger charge is -2.01. The third-order valence-electron chi connectivity index (χ3n) is 2.38. The summed E-state index contributed by atoms with van der Waals surface area (Å²) in [6.07, 6.45) is 3.31. The normalized spacial score (nSPS) is 9.32. The summed E-state index contributed by atoms with van der Waals surface area (Å²) in [5, 5.41) is 0. The van der Waals surface area contributed by atoms with E-state index in [0.717, 1.165) is 12.8 Å². The highest BCUT2D eigenvalue weighted by Gasteiger charge is 2.08. The second kappa shape index (κ2) is 8.96. The van der Waals surface area contributed by atoms with Crippen LogP contribution < -0.4 is 0 Å². The van der Waals surface area contributed by atoms with Crippen LogP contribution in [0.4, 0.5) is 0 Å². The van der Waals surface area contributed by atoms with Crippen molar-refractivity contribution in [1.82, 2.24) is 0 Å². The van der Waals surface area contributed by atoms with Gasteiger partial charge in [-0.25, -0.2) is 4.79 Å². The monoisotopic (exact) mass is 258 g/mol. The molecule has 3 heteroatoms. The van der Waals surface area contributed by atoms with E-state index in [9.17, 15) is 4.79 Å². The molecular formula is C16H18O3. The Balaban J connectivity index is 2.53. The van der Waals surface area contributed by atoms with Crippen molar-refractivity contribution in [3.63, 3.8) is 0 Å². The number of carbonyl (C=O) groups excluding carboxylic acids is 1. The van der Waals surface area contributed by atoms with Crippen molar-refractivity contribution in [1.29, 1.82) is 0 Å². The molecule has 0 bridgehead atoms. The van der Waals surface area contributed by atoms with Gasteiger partial charge in [0, 0.05) is 18.6 Å². The van der Waals surface area contributed by atoms with Crippen LogP contribution in [0, 0.1) is 11.8 Å². The maximum absolute atomic E-state index is 11.5. The highest BCUT2D eigenvalue weighted by Crippen LogP contribution is 2.08. The Morgan fingerprint density at radius 3 is 2.95 bits per heavy atom. The van der Waals surface area contributed by atoms with Crippen LogP contribution in [0.15, 0.2) is 36.9 Å². The molecule has 0 aromatic heterocycles. The molecule has 0 amide bonds. The maximum atomic E-state index is 11.5. The maximum Gasteiger partial charge on any atom is 0.339 e. The predicted molar refractivity (Wildman–Crippen MR) is 74.9 cm³/mol. The fourth-order valence-corrected chi connectivity index (χ4v) is 1.47. The topological polar surface area (TPSA) is 35.5 Å².